The molecule has 0 unspecified atom stereocenters. The maximum atomic E-state index is 5.62. The SMILES string of the molecule is CCOc1ccc2[nH]c(C)c(-c3cc(N)no3)c2c1. The molecule has 0 amide bonds. The number of anilines is 1. The predicted octanol–water partition coefficient (Wildman–Crippen LogP) is 3.11. The molecule has 2 aromatic heterocycles. The molecule has 98 valence electrons. The molecule has 3 aromatic rings. The topological polar surface area (TPSA) is 77.1 Å². The number of aromatic nitrogens is 2. The van der Waals surface area contributed by atoms with Crippen molar-refractivity contribution in [3.63, 3.8) is 0 Å². The second kappa shape index (κ2) is 4.35. The molecule has 0 radical (unpaired) electrons. The highest BCUT2D eigenvalue weighted by Crippen LogP contribution is 2.34. The van der Waals surface area contributed by atoms with Crippen molar-refractivity contribution in [2.45, 2.75) is 13.8 Å². The molecule has 0 aliphatic carbocycles. The molecule has 1 aromatic carbocycles. The van der Waals surface area contributed by atoms with Gasteiger partial charge in [-0.15, -0.1) is 0 Å². The molecule has 2 heterocycles. The summed E-state index contributed by atoms with van der Waals surface area (Å²) in [5.74, 6) is 1.88. The molecular formula is C14H15N3O2. The van der Waals surface area contributed by atoms with Crippen LogP contribution in [0.5, 0.6) is 5.75 Å². The molecule has 5 nitrogen and oxygen atoms in total. The smallest absolute Gasteiger partial charge is 0.171 e. The Labute approximate surface area is 110 Å². The summed E-state index contributed by atoms with van der Waals surface area (Å²) in [5, 5.41) is 4.78. The minimum absolute atomic E-state index is 0.379. The van der Waals surface area contributed by atoms with Gasteiger partial charge in [-0.3, -0.25) is 0 Å². The summed E-state index contributed by atoms with van der Waals surface area (Å²) >= 11 is 0. The van der Waals surface area contributed by atoms with Gasteiger partial charge in [0.2, 0.25) is 0 Å². The Kier molecular flexibility index (Phi) is 2.67. The number of aryl methyl sites for hydroxylation is 1. The first-order valence-corrected chi connectivity index (χ1v) is 6.16. The van der Waals surface area contributed by atoms with E-state index in [-0.39, 0.29) is 0 Å². The molecule has 0 saturated carbocycles. The summed E-state index contributed by atoms with van der Waals surface area (Å²) < 4.78 is 10.8. The van der Waals surface area contributed by atoms with Crippen LogP contribution in [0.3, 0.4) is 0 Å². The van der Waals surface area contributed by atoms with E-state index in [4.69, 9.17) is 15.0 Å². The molecule has 3 N–H and O–H groups in total. The van der Waals surface area contributed by atoms with E-state index < -0.39 is 0 Å². The predicted molar refractivity (Wildman–Crippen MR) is 74.1 cm³/mol. The van der Waals surface area contributed by atoms with Gasteiger partial charge >= 0.3 is 0 Å². The van der Waals surface area contributed by atoms with Gasteiger partial charge in [-0.05, 0) is 32.0 Å². The molecule has 0 aliphatic rings. The summed E-state index contributed by atoms with van der Waals surface area (Å²) in [6.45, 7) is 4.60. The quantitative estimate of drug-likeness (QED) is 0.755. The maximum absolute atomic E-state index is 5.62. The standard InChI is InChI=1S/C14H15N3O2/c1-3-18-9-4-5-11-10(6-9)14(8(2)16-11)12-7-13(15)17-19-12/h4-7,16H,3H2,1-2H3,(H2,15,17). The summed E-state index contributed by atoms with van der Waals surface area (Å²) in [7, 11) is 0. The van der Waals surface area contributed by atoms with Gasteiger partial charge in [-0.2, -0.15) is 0 Å². The lowest BCUT2D eigenvalue weighted by atomic mass is 10.1. The Morgan fingerprint density at radius 2 is 2.21 bits per heavy atom. The van der Waals surface area contributed by atoms with Crippen molar-refractivity contribution in [3.05, 3.63) is 30.0 Å². The van der Waals surface area contributed by atoms with E-state index in [9.17, 15) is 0 Å². The Morgan fingerprint density at radius 1 is 1.37 bits per heavy atom. The van der Waals surface area contributed by atoms with Gasteiger partial charge in [0.1, 0.15) is 5.75 Å². The third-order valence-electron chi connectivity index (χ3n) is 3.04. The van der Waals surface area contributed by atoms with Gasteiger partial charge < -0.3 is 20.0 Å². The number of hydrogen-bond donors (Lipinski definition) is 2. The number of fused-ring (bicyclic) bond motifs is 1. The summed E-state index contributed by atoms with van der Waals surface area (Å²) in [5.41, 5.74) is 8.64. The molecular weight excluding hydrogens is 242 g/mol. The minimum Gasteiger partial charge on any atom is -0.494 e. The van der Waals surface area contributed by atoms with Crippen LogP contribution < -0.4 is 10.5 Å². The fraction of sp³-hybridized carbons (Fsp3) is 0.214. The largest absolute Gasteiger partial charge is 0.494 e. The van der Waals surface area contributed by atoms with Crippen LogP contribution in [0, 0.1) is 6.92 Å². The molecule has 0 atom stereocenters. The number of nitrogens with zero attached hydrogens (tertiary/aromatic N) is 1. The van der Waals surface area contributed by atoms with E-state index in [1.807, 2.05) is 32.0 Å². The molecule has 0 spiro atoms. The van der Waals surface area contributed by atoms with Gasteiger partial charge in [-0.25, -0.2) is 0 Å². The normalized spacial score (nSPS) is 11.1. The first kappa shape index (κ1) is 11.6. The van der Waals surface area contributed by atoms with Crippen LogP contribution in [0.4, 0.5) is 5.82 Å². The Balaban J connectivity index is 2.22. The highest BCUT2D eigenvalue weighted by molar-refractivity contribution is 5.97. The van der Waals surface area contributed by atoms with Crippen LogP contribution in [-0.4, -0.2) is 16.7 Å². The van der Waals surface area contributed by atoms with Crippen LogP contribution >= 0.6 is 0 Å². The van der Waals surface area contributed by atoms with Crippen molar-refractivity contribution < 1.29 is 9.26 Å². The van der Waals surface area contributed by atoms with Crippen molar-refractivity contribution in [2.24, 2.45) is 0 Å². The van der Waals surface area contributed by atoms with Gasteiger partial charge in [0, 0.05) is 28.2 Å². The maximum Gasteiger partial charge on any atom is 0.171 e. The number of aromatic amines is 1. The molecule has 5 heteroatoms. The number of nitrogen functional groups attached to an aromatic ring is 1. The van der Waals surface area contributed by atoms with Crippen molar-refractivity contribution in [1.82, 2.24) is 10.1 Å². The first-order valence-electron chi connectivity index (χ1n) is 6.16. The van der Waals surface area contributed by atoms with Gasteiger partial charge in [0.25, 0.3) is 0 Å². The number of nitrogens with one attached hydrogen (secondary N) is 1. The molecule has 0 aliphatic heterocycles. The number of nitrogens with two attached hydrogens (primary N) is 1. The van der Waals surface area contributed by atoms with Crippen LogP contribution in [0.25, 0.3) is 22.2 Å². The number of H-pyrrole nitrogens is 1. The molecule has 0 bridgehead atoms. The zero-order valence-corrected chi connectivity index (χ0v) is 10.9. The van der Waals surface area contributed by atoms with Gasteiger partial charge in [-0.1, -0.05) is 5.16 Å². The van der Waals surface area contributed by atoms with Crippen molar-refractivity contribution in [2.75, 3.05) is 12.3 Å². The number of rotatable bonds is 3. The van der Waals surface area contributed by atoms with Crippen LogP contribution in [-0.2, 0) is 0 Å². The van der Waals surface area contributed by atoms with E-state index in [0.29, 0.717) is 18.2 Å². The van der Waals surface area contributed by atoms with E-state index in [1.165, 1.54) is 0 Å². The lowest BCUT2D eigenvalue weighted by Crippen LogP contribution is -1.90. The average Bonchev–Trinajstić information content (AvgIpc) is 2.92. The highest BCUT2D eigenvalue weighted by Gasteiger charge is 2.15. The van der Waals surface area contributed by atoms with Crippen molar-refractivity contribution in [1.29, 1.82) is 0 Å². The molecule has 19 heavy (non-hydrogen) atoms. The Hall–Kier alpha value is -2.43. The summed E-state index contributed by atoms with van der Waals surface area (Å²) in [6.07, 6.45) is 0. The Morgan fingerprint density at radius 3 is 2.89 bits per heavy atom. The average molecular weight is 257 g/mol. The molecule has 0 saturated heterocycles. The zero-order valence-electron chi connectivity index (χ0n) is 10.9. The number of benzene rings is 1. The lowest BCUT2D eigenvalue weighted by Gasteiger charge is -2.03. The zero-order chi connectivity index (χ0) is 13.4. The fourth-order valence-electron chi connectivity index (χ4n) is 2.29. The van der Waals surface area contributed by atoms with Crippen molar-refractivity contribution in [3.8, 4) is 17.1 Å². The summed E-state index contributed by atoms with van der Waals surface area (Å²) in [6, 6.07) is 7.66. The second-order valence-corrected chi connectivity index (χ2v) is 4.38. The number of ether oxygens (including phenoxy) is 1. The van der Waals surface area contributed by atoms with Crippen LogP contribution in [0.15, 0.2) is 28.8 Å². The van der Waals surface area contributed by atoms with Gasteiger partial charge in [0.05, 0.1) is 6.61 Å². The van der Waals surface area contributed by atoms with E-state index in [1.54, 1.807) is 6.07 Å². The van der Waals surface area contributed by atoms with E-state index in [2.05, 4.69) is 10.1 Å². The molecule has 3 rings (SSSR count). The van der Waals surface area contributed by atoms with E-state index in [0.717, 1.165) is 27.9 Å². The highest BCUT2D eigenvalue weighted by atomic mass is 16.5. The monoisotopic (exact) mass is 257 g/mol. The number of hydrogen-bond acceptors (Lipinski definition) is 4. The van der Waals surface area contributed by atoms with Crippen LogP contribution in [0.1, 0.15) is 12.6 Å². The third-order valence-corrected chi connectivity index (χ3v) is 3.04. The first-order chi connectivity index (χ1) is 9.19. The summed E-state index contributed by atoms with van der Waals surface area (Å²) in [4.78, 5) is 3.32. The van der Waals surface area contributed by atoms with Gasteiger partial charge in [0.15, 0.2) is 11.6 Å². The minimum atomic E-state index is 0.379. The fourth-order valence-corrected chi connectivity index (χ4v) is 2.29. The van der Waals surface area contributed by atoms with E-state index >= 15 is 0 Å². The molecule has 0 fully saturated rings. The second-order valence-electron chi connectivity index (χ2n) is 4.38. The van der Waals surface area contributed by atoms with Crippen LogP contribution in [0.2, 0.25) is 0 Å². The lowest BCUT2D eigenvalue weighted by molar-refractivity contribution is 0.341. The van der Waals surface area contributed by atoms with Crippen molar-refractivity contribution >= 4 is 16.7 Å². The third kappa shape index (κ3) is 1.93. The Bertz CT molecular complexity index is 727.